The second-order valence-corrected chi connectivity index (χ2v) is 6.01. The van der Waals surface area contributed by atoms with E-state index in [1.54, 1.807) is 0 Å². The maximum Gasteiger partial charge on any atom is 0.251 e. The van der Waals surface area contributed by atoms with Crippen molar-refractivity contribution in [2.45, 2.75) is 38.6 Å². The number of rotatable bonds is 2. The normalized spacial score (nSPS) is 19.1. The minimum absolute atomic E-state index is 0.00613. The van der Waals surface area contributed by atoms with Gasteiger partial charge in [0, 0.05) is 18.5 Å². The smallest absolute Gasteiger partial charge is 0.251 e. The van der Waals surface area contributed by atoms with Crippen molar-refractivity contribution in [2.75, 3.05) is 6.54 Å². The molecule has 1 heterocycles. The molecule has 4 nitrogen and oxygen atoms in total. The fourth-order valence-electron chi connectivity index (χ4n) is 2.10. The van der Waals surface area contributed by atoms with Crippen LogP contribution in [0.15, 0.2) is 24.3 Å². The highest BCUT2D eigenvalue weighted by Crippen LogP contribution is 2.22. The van der Waals surface area contributed by atoms with Gasteiger partial charge >= 0.3 is 0 Å². The average molecular weight is 260 g/mol. The van der Waals surface area contributed by atoms with Crippen molar-refractivity contribution in [3.8, 4) is 0 Å². The summed E-state index contributed by atoms with van der Waals surface area (Å²) in [6.07, 6.45) is 0.367. The Morgan fingerprint density at radius 3 is 2.37 bits per heavy atom. The van der Waals surface area contributed by atoms with Gasteiger partial charge in [-0.1, -0.05) is 32.9 Å². The molecule has 1 aromatic rings. The molecule has 2 N–H and O–H groups in total. The summed E-state index contributed by atoms with van der Waals surface area (Å²) < 4.78 is 0. The van der Waals surface area contributed by atoms with Crippen molar-refractivity contribution >= 4 is 11.8 Å². The van der Waals surface area contributed by atoms with E-state index in [9.17, 15) is 9.59 Å². The molecule has 2 amide bonds. The van der Waals surface area contributed by atoms with E-state index in [2.05, 4.69) is 31.4 Å². The van der Waals surface area contributed by atoms with Gasteiger partial charge in [-0.05, 0) is 23.1 Å². The summed E-state index contributed by atoms with van der Waals surface area (Å²) in [5, 5.41) is 5.56. The van der Waals surface area contributed by atoms with E-state index in [-0.39, 0.29) is 23.3 Å². The summed E-state index contributed by atoms with van der Waals surface area (Å²) in [4.78, 5) is 23.1. The van der Waals surface area contributed by atoms with Crippen LogP contribution in [0.2, 0.25) is 0 Å². The first-order valence-electron chi connectivity index (χ1n) is 6.54. The molecular weight excluding hydrogens is 240 g/mol. The highest BCUT2D eigenvalue weighted by atomic mass is 16.2. The molecule has 0 radical (unpaired) electrons. The first kappa shape index (κ1) is 13.6. The summed E-state index contributed by atoms with van der Waals surface area (Å²) in [5.41, 5.74) is 1.91. The molecule has 0 bridgehead atoms. The molecule has 1 fully saturated rings. The molecule has 4 heteroatoms. The first-order chi connectivity index (χ1) is 8.86. The zero-order valence-electron chi connectivity index (χ0n) is 11.6. The zero-order chi connectivity index (χ0) is 14.0. The molecule has 1 saturated heterocycles. The van der Waals surface area contributed by atoms with Gasteiger partial charge in [-0.3, -0.25) is 9.59 Å². The quantitative estimate of drug-likeness (QED) is 0.848. The second kappa shape index (κ2) is 5.03. The molecule has 1 atom stereocenters. The number of carbonyl (C=O) groups excluding carboxylic acids is 2. The van der Waals surface area contributed by atoms with E-state index < -0.39 is 0 Å². The van der Waals surface area contributed by atoms with Gasteiger partial charge < -0.3 is 10.6 Å². The number of hydrogen-bond acceptors (Lipinski definition) is 2. The van der Waals surface area contributed by atoms with E-state index in [1.807, 2.05) is 24.3 Å². The third-order valence-electron chi connectivity index (χ3n) is 3.33. The number of nitrogens with one attached hydrogen (secondary N) is 2. The molecule has 2 rings (SSSR count). The minimum Gasteiger partial charge on any atom is -0.354 e. The number of carbonyl (C=O) groups is 2. The Labute approximate surface area is 113 Å². The van der Waals surface area contributed by atoms with E-state index in [0.717, 1.165) is 0 Å². The Morgan fingerprint density at radius 2 is 1.89 bits per heavy atom. The van der Waals surface area contributed by atoms with Gasteiger partial charge in [-0.2, -0.15) is 0 Å². The average Bonchev–Trinajstić information content (AvgIpc) is 2.74. The number of benzene rings is 1. The Morgan fingerprint density at radius 1 is 1.26 bits per heavy atom. The van der Waals surface area contributed by atoms with Crippen LogP contribution in [0, 0.1) is 0 Å². The van der Waals surface area contributed by atoms with Crippen LogP contribution in [0.3, 0.4) is 0 Å². The molecular formula is C15H20N2O2. The molecule has 0 saturated carbocycles. The van der Waals surface area contributed by atoms with E-state index in [1.165, 1.54) is 5.56 Å². The van der Waals surface area contributed by atoms with Crippen LogP contribution < -0.4 is 10.6 Å². The summed E-state index contributed by atoms with van der Waals surface area (Å²) in [6.45, 7) is 6.93. The first-order valence-corrected chi connectivity index (χ1v) is 6.54. The van der Waals surface area contributed by atoms with E-state index in [4.69, 9.17) is 0 Å². The van der Waals surface area contributed by atoms with E-state index >= 15 is 0 Å². The summed E-state index contributed by atoms with van der Waals surface area (Å²) in [7, 11) is 0. The predicted molar refractivity (Wildman–Crippen MR) is 74.0 cm³/mol. The highest BCUT2D eigenvalue weighted by molar-refractivity contribution is 5.95. The summed E-state index contributed by atoms with van der Waals surface area (Å²) in [6, 6.07) is 7.53. The van der Waals surface area contributed by atoms with Crippen molar-refractivity contribution in [2.24, 2.45) is 0 Å². The van der Waals surface area contributed by atoms with Gasteiger partial charge in [0.15, 0.2) is 0 Å². The lowest BCUT2D eigenvalue weighted by Crippen LogP contribution is -2.36. The van der Waals surface area contributed by atoms with Crippen molar-refractivity contribution in [1.82, 2.24) is 10.6 Å². The minimum atomic E-state index is -0.123. The Balaban J connectivity index is 2.02. The third kappa shape index (κ3) is 3.34. The molecule has 0 spiro atoms. The largest absolute Gasteiger partial charge is 0.354 e. The van der Waals surface area contributed by atoms with Crippen LogP contribution in [-0.4, -0.2) is 24.4 Å². The summed E-state index contributed by atoms with van der Waals surface area (Å²) >= 11 is 0. The standard InChI is InChI=1S/C15H20N2O2/c1-15(2,3)11-6-4-10(5-7-11)14(19)17-12-8-13(18)16-9-12/h4-7,12H,8-9H2,1-3H3,(H,16,18)(H,17,19)/t12-/m0/s1. The van der Waals surface area contributed by atoms with Crippen LogP contribution >= 0.6 is 0 Å². The molecule has 1 aliphatic heterocycles. The second-order valence-electron chi connectivity index (χ2n) is 6.01. The van der Waals surface area contributed by atoms with Gasteiger partial charge in [0.2, 0.25) is 5.91 Å². The Hall–Kier alpha value is -1.84. The van der Waals surface area contributed by atoms with Gasteiger partial charge in [0.25, 0.3) is 5.91 Å². The van der Waals surface area contributed by atoms with Crippen molar-refractivity contribution in [3.05, 3.63) is 35.4 Å². The van der Waals surface area contributed by atoms with Gasteiger partial charge in [-0.25, -0.2) is 0 Å². The third-order valence-corrected chi connectivity index (χ3v) is 3.33. The fourth-order valence-corrected chi connectivity index (χ4v) is 2.10. The number of amides is 2. The zero-order valence-corrected chi connectivity index (χ0v) is 11.6. The lowest BCUT2D eigenvalue weighted by molar-refractivity contribution is -0.119. The van der Waals surface area contributed by atoms with Crippen molar-refractivity contribution in [3.63, 3.8) is 0 Å². The maximum atomic E-state index is 12.0. The molecule has 102 valence electrons. The molecule has 0 aromatic heterocycles. The van der Waals surface area contributed by atoms with E-state index in [0.29, 0.717) is 18.5 Å². The molecule has 0 unspecified atom stereocenters. The van der Waals surface area contributed by atoms with Crippen LogP contribution in [0.1, 0.15) is 43.1 Å². The van der Waals surface area contributed by atoms with Gasteiger partial charge in [0.1, 0.15) is 0 Å². The van der Waals surface area contributed by atoms with Gasteiger partial charge in [0.05, 0.1) is 6.04 Å². The lowest BCUT2D eigenvalue weighted by Gasteiger charge is -2.19. The maximum absolute atomic E-state index is 12.0. The van der Waals surface area contributed by atoms with Crippen LogP contribution in [0.5, 0.6) is 0 Å². The van der Waals surface area contributed by atoms with Crippen molar-refractivity contribution in [1.29, 1.82) is 0 Å². The SMILES string of the molecule is CC(C)(C)c1ccc(C(=O)N[C@@H]2CNC(=O)C2)cc1. The topological polar surface area (TPSA) is 58.2 Å². The molecule has 19 heavy (non-hydrogen) atoms. The molecule has 1 aliphatic rings. The fraction of sp³-hybridized carbons (Fsp3) is 0.467. The van der Waals surface area contributed by atoms with Crippen LogP contribution in [-0.2, 0) is 10.2 Å². The molecule has 0 aliphatic carbocycles. The van der Waals surface area contributed by atoms with Crippen molar-refractivity contribution < 1.29 is 9.59 Å². The highest BCUT2D eigenvalue weighted by Gasteiger charge is 2.23. The monoisotopic (exact) mass is 260 g/mol. The lowest BCUT2D eigenvalue weighted by atomic mass is 9.86. The number of hydrogen-bond donors (Lipinski definition) is 2. The van der Waals surface area contributed by atoms with Crippen LogP contribution in [0.25, 0.3) is 0 Å². The van der Waals surface area contributed by atoms with Crippen LogP contribution in [0.4, 0.5) is 0 Å². The Bertz CT molecular complexity index is 486. The summed E-state index contributed by atoms with van der Waals surface area (Å²) in [5.74, 6) is -0.129. The van der Waals surface area contributed by atoms with Gasteiger partial charge in [-0.15, -0.1) is 0 Å². The Kier molecular flexibility index (Phi) is 3.60. The predicted octanol–water partition coefficient (Wildman–Crippen LogP) is 1.60. The molecule has 1 aromatic carbocycles.